The van der Waals surface area contributed by atoms with E-state index in [1.165, 1.54) is 0 Å². The highest BCUT2D eigenvalue weighted by molar-refractivity contribution is 5.83. The molecule has 1 rings (SSSR count). The lowest BCUT2D eigenvalue weighted by molar-refractivity contribution is -0.145. The summed E-state index contributed by atoms with van der Waals surface area (Å²) < 4.78 is 0. The first-order valence-electron chi connectivity index (χ1n) is 7.35. The molecule has 0 heterocycles. The van der Waals surface area contributed by atoms with Gasteiger partial charge in [-0.2, -0.15) is 5.26 Å². The van der Waals surface area contributed by atoms with E-state index in [1.54, 1.807) is 0 Å². The van der Waals surface area contributed by atoms with E-state index in [2.05, 4.69) is 13.0 Å². The van der Waals surface area contributed by atoms with Crippen LogP contribution in [-0.4, -0.2) is 29.9 Å². The molecule has 4 nitrogen and oxygen atoms in total. The zero-order valence-corrected chi connectivity index (χ0v) is 12.5. The van der Waals surface area contributed by atoms with Crippen molar-refractivity contribution in [3.8, 4) is 6.07 Å². The quantitative estimate of drug-likeness (QED) is 0.829. The summed E-state index contributed by atoms with van der Waals surface area (Å²) in [6, 6.07) is 2.25. The lowest BCUT2D eigenvalue weighted by Crippen LogP contribution is -2.52. The van der Waals surface area contributed by atoms with Gasteiger partial charge in [0.05, 0.1) is 17.9 Å². The number of carbonyl (C=O) groups excluding carboxylic acids is 1. The number of hydrogen-bond donors (Lipinski definition) is 1. The van der Waals surface area contributed by atoms with Crippen LogP contribution in [0.2, 0.25) is 0 Å². The predicted octanol–water partition coefficient (Wildman–Crippen LogP) is 2.29. The lowest BCUT2D eigenvalue weighted by atomic mass is 9.70. The second-order valence-electron chi connectivity index (χ2n) is 6.17. The van der Waals surface area contributed by atoms with Crippen molar-refractivity contribution in [3.05, 3.63) is 0 Å². The molecule has 0 aromatic heterocycles. The third-order valence-corrected chi connectivity index (χ3v) is 4.42. The van der Waals surface area contributed by atoms with E-state index in [0.29, 0.717) is 25.4 Å². The van der Waals surface area contributed by atoms with Gasteiger partial charge in [-0.25, -0.2) is 0 Å². The highest BCUT2D eigenvalue weighted by Gasteiger charge is 2.42. The Morgan fingerprint density at radius 1 is 1.47 bits per heavy atom. The van der Waals surface area contributed by atoms with Gasteiger partial charge in [0.25, 0.3) is 0 Å². The predicted molar refractivity (Wildman–Crippen MR) is 76.2 cm³/mol. The molecule has 1 aliphatic carbocycles. The maximum Gasteiger partial charge on any atom is 0.230 e. The van der Waals surface area contributed by atoms with Gasteiger partial charge in [0.15, 0.2) is 0 Å². The molecule has 0 unspecified atom stereocenters. The molecule has 0 atom stereocenters. The van der Waals surface area contributed by atoms with Crippen LogP contribution >= 0.6 is 0 Å². The third-order valence-electron chi connectivity index (χ3n) is 4.42. The van der Waals surface area contributed by atoms with E-state index in [4.69, 9.17) is 11.0 Å². The second-order valence-corrected chi connectivity index (χ2v) is 6.17. The van der Waals surface area contributed by atoms with Gasteiger partial charge < -0.3 is 10.6 Å². The minimum absolute atomic E-state index is 0.128. The normalized spacial score (nSPS) is 27.1. The molecule has 0 saturated heterocycles. The van der Waals surface area contributed by atoms with Crippen LogP contribution < -0.4 is 5.73 Å². The van der Waals surface area contributed by atoms with E-state index in [0.717, 1.165) is 25.7 Å². The largest absolute Gasteiger partial charge is 0.339 e. The van der Waals surface area contributed by atoms with Crippen LogP contribution in [0.25, 0.3) is 0 Å². The molecule has 1 amide bonds. The summed E-state index contributed by atoms with van der Waals surface area (Å²) in [6.07, 6.45) is 4.32. The van der Waals surface area contributed by atoms with Gasteiger partial charge in [-0.1, -0.05) is 6.92 Å². The summed E-state index contributed by atoms with van der Waals surface area (Å²) in [4.78, 5) is 14.7. The average molecular weight is 265 g/mol. The van der Waals surface area contributed by atoms with Gasteiger partial charge in [-0.3, -0.25) is 4.79 Å². The SMILES string of the molecule is CC1CCC(CN)(C(=O)N(CCC#N)C(C)C)CC1. The molecule has 1 saturated carbocycles. The van der Waals surface area contributed by atoms with Gasteiger partial charge in [-0.05, 0) is 45.4 Å². The van der Waals surface area contributed by atoms with Crippen molar-refractivity contribution in [3.63, 3.8) is 0 Å². The molecular formula is C15H27N3O. The molecule has 1 fully saturated rings. The maximum absolute atomic E-state index is 12.8. The zero-order valence-electron chi connectivity index (χ0n) is 12.5. The number of nitrogens with two attached hydrogens (primary N) is 1. The molecule has 0 aromatic carbocycles. The van der Waals surface area contributed by atoms with E-state index >= 15 is 0 Å². The van der Waals surface area contributed by atoms with Crippen LogP contribution in [0.15, 0.2) is 0 Å². The van der Waals surface area contributed by atoms with Crippen molar-refractivity contribution < 1.29 is 4.79 Å². The summed E-state index contributed by atoms with van der Waals surface area (Å²) in [5.41, 5.74) is 5.56. The summed E-state index contributed by atoms with van der Waals surface area (Å²) in [5, 5.41) is 8.73. The standard InChI is InChI=1S/C15H27N3O/c1-12(2)18(10-4-9-16)14(19)15(11-17)7-5-13(3)6-8-15/h12-13H,4-8,10-11,17H2,1-3H3. The highest BCUT2D eigenvalue weighted by atomic mass is 16.2. The number of nitrogens with zero attached hydrogens (tertiary/aromatic N) is 2. The van der Waals surface area contributed by atoms with Crippen LogP contribution in [0.4, 0.5) is 0 Å². The zero-order chi connectivity index (χ0) is 14.5. The first-order valence-corrected chi connectivity index (χ1v) is 7.35. The summed E-state index contributed by atoms with van der Waals surface area (Å²) in [5.74, 6) is 0.853. The van der Waals surface area contributed by atoms with E-state index in [-0.39, 0.29) is 17.4 Å². The third kappa shape index (κ3) is 3.70. The molecule has 1 aliphatic rings. The monoisotopic (exact) mass is 265 g/mol. The van der Waals surface area contributed by atoms with Crippen LogP contribution in [0.1, 0.15) is 52.9 Å². The van der Waals surface area contributed by atoms with Crippen LogP contribution in [0.5, 0.6) is 0 Å². The van der Waals surface area contributed by atoms with Crippen molar-refractivity contribution in [2.24, 2.45) is 17.1 Å². The first kappa shape index (κ1) is 16.0. The number of carbonyl (C=O) groups is 1. The molecule has 0 aromatic rings. The van der Waals surface area contributed by atoms with Crippen molar-refractivity contribution in [2.75, 3.05) is 13.1 Å². The van der Waals surface area contributed by atoms with Crippen molar-refractivity contribution in [2.45, 2.75) is 58.9 Å². The Balaban J connectivity index is 2.83. The second kappa shape index (κ2) is 6.91. The fourth-order valence-corrected chi connectivity index (χ4v) is 2.89. The molecule has 108 valence electrons. The van der Waals surface area contributed by atoms with E-state index < -0.39 is 0 Å². The Labute approximate surface area is 116 Å². The van der Waals surface area contributed by atoms with E-state index in [1.807, 2.05) is 18.7 Å². The number of hydrogen-bond acceptors (Lipinski definition) is 3. The Bertz CT molecular complexity index is 338. The summed E-state index contributed by atoms with van der Waals surface area (Å²) in [6.45, 7) is 7.19. The van der Waals surface area contributed by atoms with Gasteiger partial charge in [0, 0.05) is 19.1 Å². The van der Waals surface area contributed by atoms with Crippen LogP contribution in [-0.2, 0) is 4.79 Å². The Kier molecular flexibility index (Phi) is 5.81. The number of rotatable bonds is 5. The molecule has 2 N–H and O–H groups in total. The molecule has 4 heteroatoms. The van der Waals surface area contributed by atoms with Gasteiger partial charge in [-0.15, -0.1) is 0 Å². The van der Waals surface area contributed by atoms with Crippen molar-refractivity contribution in [1.82, 2.24) is 4.90 Å². The Morgan fingerprint density at radius 2 is 2.05 bits per heavy atom. The molecule has 0 radical (unpaired) electrons. The fraction of sp³-hybridized carbons (Fsp3) is 0.867. The molecule has 0 spiro atoms. The Hall–Kier alpha value is -1.08. The summed E-state index contributed by atoms with van der Waals surface area (Å²) in [7, 11) is 0. The lowest BCUT2D eigenvalue weighted by Gasteiger charge is -2.42. The van der Waals surface area contributed by atoms with Crippen LogP contribution in [0.3, 0.4) is 0 Å². The fourth-order valence-electron chi connectivity index (χ4n) is 2.89. The molecule has 0 bridgehead atoms. The molecular weight excluding hydrogens is 238 g/mol. The topological polar surface area (TPSA) is 70.1 Å². The number of nitriles is 1. The van der Waals surface area contributed by atoms with Crippen molar-refractivity contribution in [1.29, 1.82) is 5.26 Å². The number of amides is 1. The molecule has 0 aliphatic heterocycles. The van der Waals surface area contributed by atoms with E-state index in [9.17, 15) is 4.79 Å². The maximum atomic E-state index is 12.8. The van der Waals surface area contributed by atoms with Gasteiger partial charge in [0.2, 0.25) is 5.91 Å². The van der Waals surface area contributed by atoms with Gasteiger partial charge in [0.1, 0.15) is 0 Å². The molecule has 19 heavy (non-hydrogen) atoms. The average Bonchev–Trinajstić information content (AvgIpc) is 2.40. The van der Waals surface area contributed by atoms with Gasteiger partial charge >= 0.3 is 0 Å². The highest BCUT2D eigenvalue weighted by Crippen LogP contribution is 2.39. The van der Waals surface area contributed by atoms with Crippen molar-refractivity contribution >= 4 is 5.91 Å². The Morgan fingerprint density at radius 3 is 2.47 bits per heavy atom. The first-order chi connectivity index (χ1) is 8.96. The minimum Gasteiger partial charge on any atom is -0.339 e. The van der Waals surface area contributed by atoms with Crippen LogP contribution in [0, 0.1) is 22.7 Å². The smallest absolute Gasteiger partial charge is 0.230 e. The summed E-state index contributed by atoms with van der Waals surface area (Å²) >= 11 is 0. The minimum atomic E-state index is -0.383.